The van der Waals surface area contributed by atoms with Crippen molar-refractivity contribution < 1.29 is 34.4 Å². The molecule has 0 aliphatic carbocycles. The van der Waals surface area contributed by atoms with Crippen molar-refractivity contribution in [1.82, 2.24) is 0 Å². The third-order valence-electron chi connectivity index (χ3n) is 4.27. The standard InChI is InChI=1S/C19H24O7/c1-11-5-3-7-14(20)18(23)15(21)8-4-6-12-9-13(25-2)10-16(22)17(12)19(24)26-11/h4,6,9-11,15,18,21-23H,3,5,7-8H2,1-2H3/b6-4+/t11-,15-,18-/m0/s1. The van der Waals surface area contributed by atoms with E-state index in [1.165, 1.54) is 25.3 Å². The van der Waals surface area contributed by atoms with Crippen LogP contribution < -0.4 is 4.74 Å². The van der Waals surface area contributed by atoms with Gasteiger partial charge >= 0.3 is 5.97 Å². The largest absolute Gasteiger partial charge is 0.507 e. The smallest absolute Gasteiger partial charge is 0.342 e. The van der Waals surface area contributed by atoms with Gasteiger partial charge < -0.3 is 24.8 Å². The number of ether oxygens (including phenoxy) is 2. The number of carbonyl (C=O) groups excluding carboxylic acids is 2. The molecule has 0 aromatic heterocycles. The van der Waals surface area contributed by atoms with Crippen molar-refractivity contribution in [3.05, 3.63) is 29.3 Å². The summed E-state index contributed by atoms with van der Waals surface area (Å²) in [5.74, 6) is -1.05. The Balaban J connectivity index is 2.41. The van der Waals surface area contributed by atoms with Gasteiger partial charge in [-0.15, -0.1) is 0 Å². The molecule has 1 aromatic carbocycles. The van der Waals surface area contributed by atoms with Gasteiger partial charge in [-0.3, -0.25) is 4.79 Å². The van der Waals surface area contributed by atoms with Crippen LogP contribution in [0.5, 0.6) is 11.5 Å². The number of fused-ring (bicyclic) bond motifs is 1. The molecule has 1 aliphatic heterocycles. The molecule has 3 N–H and O–H groups in total. The number of phenols is 1. The summed E-state index contributed by atoms with van der Waals surface area (Å²) in [5.41, 5.74) is 0.348. The van der Waals surface area contributed by atoms with Gasteiger partial charge in [0, 0.05) is 12.5 Å². The Labute approximate surface area is 151 Å². The van der Waals surface area contributed by atoms with Gasteiger partial charge in [0.1, 0.15) is 23.2 Å². The summed E-state index contributed by atoms with van der Waals surface area (Å²) >= 11 is 0. The molecule has 0 saturated carbocycles. The number of rotatable bonds is 1. The molecule has 0 fully saturated rings. The second-order valence-electron chi connectivity index (χ2n) is 6.34. The summed E-state index contributed by atoms with van der Waals surface area (Å²) in [4.78, 5) is 24.4. The topological polar surface area (TPSA) is 113 Å². The summed E-state index contributed by atoms with van der Waals surface area (Å²) < 4.78 is 10.5. The first-order valence-corrected chi connectivity index (χ1v) is 8.50. The van der Waals surface area contributed by atoms with Crippen LogP contribution in [-0.4, -0.2) is 52.5 Å². The number of ketones is 1. The predicted molar refractivity (Wildman–Crippen MR) is 94.1 cm³/mol. The molecule has 7 heteroatoms. The number of hydrogen-bond donors (Lipinski definition) is 3. The van der Waals surface area contributed by atoms with E-state index in [2.05, 4.69) is 0 Å². The highest BCUT2D eigenvalue weighted by Crippen LogP contribution is 2.30. The molecule has 0 radical (unpaired) electrons. The Hall–Kier alpha value is -2.38. The van der Waals surface area contributed by atoms with Crippen LogP contribution in [0.15, 0.2) is 18.2 Å². The van der Waals surface area contributed by atoms with Crippen molar-refractivity contribution in [3.63, 3.8) is 0 Å². The minimum Gasteiger partial charge on any atom is -0.507 e. The lowest BCUT2D eigenvalue weighted by atomic mass is 9.99. The zero-order chi connectivity index (χ0) is 19.3. The number of phenolic OH excluding ortho intramolecular Hbond substituents is 1. The van der Waals surface area contributed by atoms with Crippen LogP contribution in [0.4, 0.5) is 0 Å². The molecule has 3 atom stereocenters. The third-order valence-corrected chi connectivity index (χ3v) is 4.27. The molecular formula is C19H24O7. The summed E-state index contributed by atoms with van der Waals surface area (Å²) in [6, 6.07) is 2.87. The summed E-state index contributed by atoms with van der Waals surface area (Å²) in [5, 5.41) is 30.1. The van der Waals surface area contributed by atoms with E-state index in [1.54, 1.807) is 13.0 Å². The molecule has 1 aliphatic rings. The van der Waals surface area contributed by atoms with Gasteiger partial charge in [-0.2, -0.15) is 0 Å². The first kappa shape index (κ1) is 19.9. The Morgan fingerprint density at radius 1 is 1.23 bits per heavy atom. The van der Waals surface area contributed by atoms with E-state index >= 15 is 0 Å². The number of hydrogen-bond acceptors (Lipinski definition) is 7. The van der Waals surface area contributed by atoms with Gasteiger partial charge in [0.2, 0.25) is 0 Å². The lowest BCUT2D eigenvalue weighted by Gasteiger charge is -2.18. The van der Waals surface area contributed by atoms with Gasteiger partial charge in [-0.1, -0.05) is 12.2 Å². The average molecular weight is 364 g/mol. The zero-order valence-corrected chi connectivity index (χ0v) is 14.8. The molecule has 0 unspecified atom stereocenters. The van der Waals surface area contributed by atoms with Crippen LogP contribution in [0, 0.1) is 0 Å². The van der Waals surface area contributed by atoms with Crippen LogP contribution in [0.2, 0.25) is 0 Å². The highest BCUT2D eigenvalue weighted by Gasteiger charge is 2.25. The van der Waals surface area contributed by atoms with Crippen LogP contribution >= 0.6 is 0 Å². The first-order valence-electron chi connectivity index (χ1n) is 8.50. The van der Waals surface area contributed by atoms with E-state index in [0.717, 1.165) is 0 Å². The fourth-order valence-electron chi connectivity index (χ4n) is 2.78. The maximum absolute atomic E-state index is 12.5. The van der Waals surface area contributed by atoms with Crippen molar-refractivity contribution >= 4 is 17.8 Å². The highest BCUT2D eigenvalue weighted by molar-refractivity contribution is 5.97. The Morgan fingerprint density at radius 3 is 2.65 bits per heavy atom. The average Bonchev–Trinajstić information content (AvgIpc) is 2.59. The third kappa shape index (κ3) is 4.83. The van der Waals surface area contributed by atoms with Crippen molar-refractivity contribution in [2.45, 2.75) is 50.9 Å². The maximum Gasteiger partial charge on any atom is 0.342 e. The quantitative estimate of drug-likeness (QED) is 0.652. The monoisotopic (exact) mass is 364 g/mol. The van der Waals surface area contributed by atoms with Gasteiger partial charge in [-0.05, 0) is 37.8 Å². The van der Waals surface area contributed by atoms with Crippen LogP contribution in [0.25, 0.3) is 6.08 Å². The Kier molecular flexibility index (Phi) is 6.76. The number of esters is 1. The van der Waals surface area contributed by atoms with E-state index in [-0.39, 0.29) is 24.2 Å². The van der Waals surface area contributed by atoms with Gasteiger partial charge in [0.05, 0.1) is 19.3 Å². The van der Waals surface area contributed by atoms with E-state index in [4.69, 9.17) is 9.47 Å². The van der Waals surface area contributed by atoms with Crippen molar-refractivity contribution in [1.29, 1.82) is 0 Å². The number of Topliss-reactive ketones (excluding diaryl/α,β-unsaturated/α-hetero) is 1. The summed E-state index contributed by atoms with van der Waals surface area (Å²) in [6.07, 6.45) is 0.776. The van der Waals surface area contributed by atoms with Crippen LogP contribution in [0.1, 0.15) is 48.5 Å². The van der Waals surface area contributed by atoms with E-state index in [1.807, 2.05) is 0 Å². The second kappa shape index (κ2) is 8.82. The highest BCUT2D eigenvalue weighted by atomic mass is 16.5. The molecule has 0 spiro atoms. The van der Waals surface area contributed by atoms with Crippen LogP contribution in [0.3, 0.4) is 0 Å². The molecule has 7 nitrogen and oxygen atoms in total. The number of methoxy groups -OCH3 is 1. The van der Waals surface area contributed by atoms with Crippen molar-refractivity contribution in [2.75, 3.05) is 7.11 Å². The predicted octanol–water partition coefficient (Wildman–Crippen LogP) is 1.82. The van der Waals surface area contributed by atoms with Crippen LogP contribution in [-0.2, 0) is 9.53 Å². The Bertz CT molecular complexity index is 695. The number of aliphatic hydroxyl groups is 2. The normalized spacial score (nSPS) is 26.4. The first-order chi connectivity index (χ1) is 12.3. The fourth-order valence-corrected chi connectivity index (χ4v) is 2.78. The lowest BCUT2D eigenvalue weighted by Crippen LogP contribution is -2.33. The van der Waals surface area contributed by atoms with Crippen molar-refractivity contribution in [3.8, 4) is 11.5 Å². The second-order valence-corrected chi connectivity index (χ2v) is 6.34. The van der Waals surface area contributed by atoms with Gasteiger partial charge in [-0.25, -0.2) is 4.79 Å². The summed E-state index contributed by atoms with van der Waals surface area (Å²) in [7, 11) is 1.43. The zero-order valence-electron chi connectivity index (χ0n) is 14.8. The van der Waals surface area contributed by atoms with Gasteiger partial charge in [0.15, 0.2) is 5.78 Å². The molecule has 0 saturated heterocycles. The minimum atomic E-state index is -1.46. The molecule has 0 bridgehead atoms. The molecule has 2 rings (SSSR count). The number of aliphatic hydroxyl groups excluding tert-OH is 2. The van der Waals surface area contributed by atoms with E-state index < -0.39 is 30.1 Å². The molecule has 142 valence electrons. The number of carbonyl (C=O) groups is 2. The van der Waals surface area contributed by atoms with Gasteiger partial charge in [0.25, 0.3) is 0 Å². The fraction of sp³-hybridized carbons (Fsp3) is 0.474. The molecule has 26 heavy (non-hydrogen) atoms. The number of aromatic hydroxyl groups is 1. The minimum absolute atomic E-state index is 0.00271. The Morgan fingerprint density at radius 2 is 1.96 bits per heavy atom. The van der Waals surface area contributed by atoms with E-state index in [0.29, 0.717) is 24.2 Å². The SMILES string of the molecule is COc1cc(O)c2c(c1)/C=C/C[C@H](O)[C@@H](O)C(=O)CCC[C@H](C)OC2=O. The lowest BCUT2D eigenvalue weighted by molar-refractivity contribution is -0.132. The maximum atomic E-state index is 12.5. The number of benzene rings is 1. The molecule has 0 amide bonds. The van der Waals surface area contributed by atoms with Crippen molar-refractivity contribution in [2.24, 2.45) is 0 Å². The summed E-state index contributed by atoms with van der Waals surface area (Å²) in [6.45, 7) is 1.69. The van der Waals surface area contributed by atoms with E-state index in [9.17, 15) is 24.9 Å². The molecule has 1 heterocycles. The molecule has 1 aromatic rings. The number of cyclic esters (lactones) is 1. The molecular weight excluding hydrogens is 340 g/mol.